The van der Waals surface area contributed by atoms with E-state index in [0.29, 0.717) is 11.6 Å². The molecule has 3 rings (SSSR count). The number of rotatable bonds is 7. The van der Waals surface area contributed by atoms with Crippen LogP contribution in [0, 0.1) is 0 Å². The topological polar surface area (TPSA) is 81.1 Å². The Morgan fingerprint density at radius 3 is 2.25 bits per heavy atom. The molecule has 0 aliphatic carbocycles. The van der Waals surface area contributed by atoms with Crippen molar-refractivity contribution in [2.45, 2.75) is 34.7 Å². The molecular formula is C20H21N3O3S2. The van der Waals surface area contributed by atoms with Crippen molar-refractivity contribution in [2.75, 3.05) is 11.6 Å². The van der Waals surface area contributed by atoms with Gasteiger partial charge in [-0.15, -0.1) is 11.8 Å². The van der Waals surface area contributed by atoms with E-state index in [9.17, 15) is 13.2 Å². The molecule has 0 saturated heterocycles. The number of carbonyl (C=O) groups is 1. The van der Waals surface area contributed by atoms with E-state index in [1.807, 2.05) is 30.3 Å². The molecule has 0 saturated carbocycles. The molecule has 2 aromatic carbocycles. The second kappa shape index (κ2) is 8.62. The molecule has 0 unspecified atom stereocenters. The van der Waals surface area contributed by atoms with Gasteiger partial charge in [0.15, 0.2) is 5.82 Å². The Labute approximate surface area is 168 Å². The van der Waals surface area contributed by atoms with Crippen LogP contribution in [0.2, 0.25) is 0 Å². The van der Waals surface area contributed by atoms with Gasteiger partial charge in [0.2, 0.25) is 15.7 Å². The quantitative estimate of drug-likeness (QED) is 0.593. The molecule has 1 amide bonds. The number of nitrogens with one attached hydrogen (secondary N) is 1. The maximum atomic E-state index is 13.4. The third-order valence-corrected chi connectivity index (χ3v) is 6.77. The summed E-state index contributed by atoms with van der Waals surface area (Å²) in [5.74, 6) is -0.0738. The van der Waals surface area contributed by atoms with E-state index in [2.05, 4.69) is 10.4 Å². The van der Waals surface area contributed by atoms with Crippen LogP contribution in [0.5, 0.6) is 0 Å². The molecule has 28 heavy (non-hydrogen) atoms. The summed E-state index contributed by atoms with van der Waals surface area (Å²) in [6.07, 6.45) is 2.00. The standard InChI is InChI=1S/C20H21N3O3S2/c1-3-17(24)21-19-18(28(25,26)16-12-8-5-9-13-16)20(27-2)22-23(19)14-15-10-6-4-7-11-15/h4-13H,3,14H2,1-2H3,(H,21,24). The lowest BCUT2D eigenvalue weighted by atomic mass is 10.2. The predicted molar refractivity (Wildman–Crippen MR) is 110 cm³/mol. The minimum Gasteiger partial charge on any atom is -0.310 e. The van der Waals surface area contributed by atoms with Crippen LogP contribution in [0.3, 0.4) is 0 Å². The molecule has 0 fully saturated rings. The molecule has 3 aromatic rings. The van der Waals surface area contributed by atoms with E-state index >= 15 is 0 Å². The fourth-order valence-electron chi connectivity index (χ4n) is 2.73. The highest BCUT2D eigenvalue weighted by Gasteiger charge is 2.31. The molecule has 8 heteroatoms. The maximum Gasteiger partial charge on any atom is 0.225 e. The van der Waals surface area contributed by atoms with Crippen LogP contribution >= 0.6 is 11.8 Å². The molecule has 1 N–H and O–H groups in total. The predicted octanol–water partition coefficient (Wildman–Crippen LogP) is 3.83. The lowest BCUT2D eigenvalue weighted by molar-refractivity contribution is -0.115. The van der Waals surface area contributed by atoms with E-state index in [1.165, 1.54) is 11.8 Å². The lowest BCUT2D eigenvalue weighted by Crippen LogP contribution is -2.17. The number of anilines is 1. The zero-order valence-electron chi connectivity index (χ0n) is 15.6. The lowest BCUT2D eigenvalue weighted by Gasteiger charge is -2.11. The number of sulfone groups is 1. The Morgan fingerprint density at radius 2 is 1.68 bits per heavy atom. The van der Waals surface area contributed by atoms with Crippen molar-refractivity contribution in [3.63, 3.8) is 0 Å². The van der Waals surface area contributed by atoms with E-state index in [4.69, 9.17) is 0 Å². The van der Waals surface area contributed by atoms with E-state index < -0.39 is 9.84 Å². The molecule has 1 heterocycles. The van der Waals surface area contributed by atoms with Gasteiger partial charge >= 0.3 is 0 Å². The minimum atomic E-state index is -3.86. The van der Waals surface area contributed by atoms with Crippen LogP contribution in [-0.4, -0.2) is 30.4 Å². The van der Waals surface area contributed by atoms with Crippen LogP contribution in [-0.2, 0) is 21.2 Å². The van der Waals surface area contributed by atoms with Gasteiger partial charge in [-0.2, -0.15) is 5.10 Å². The SMILES string of the molecule is CCC(=O)Nc1c(S(=O)(=O)c2ccccc2)c(SC)nn1Cc1ccccc1. The molecule has 146 valence electrons. The Balaban J connectivity index is 2.18. The van der Waals surface area contributed by atoms with Crippen molar-refractivity contribution in [1.82, 2.24) is 9.78 Å². The first-order valence-corrected chi connectivity index (χ1v) is 11.5. The highest BCUT2D eigenvalue weighted by Crippen LogP contribution is 2.36. The molecule has 6 nitrogen and oxygen atoms in total. The molecule has 0 spiro atoms. The van der Waals surface area contributed by atoms with Crippen molar-refractivity contribution < 1.29 is 13.2 Å². The van der Waals surface area contributed by atoms with Crippen molar-refractivity contribution in [3.05, 3.63) is 66.2 Å². The van der Waals surface area contributed by atoms with Gasteiger partial charge in [-0.3, -0.25) is 4.79 Å². The molecule has 0 atom stereocenters. The highest BCUT2D eigenvalue weighted by molar-refractivity contribution is 7.99. The molecule has 0 radical (unpaired) electrons. The Kier molecular flexibility index (Phi) is 6.21. The van der Waals surface area contributed by atoms with Gasteiger partial charge in [0.1, 0.15) is 9.92 Å². The number of aromatic nitrogens is 2. The Bertz CT molecular complexity index is 1060. The van der Waals surface area contributed by atoms with Gasteiger partial charge < -0.3 is 5.32 Å². The average Bonchev–Trinajstić information content (AvgIpc) is 3.07. The fourth-order valence-corrected chi connectivity index (χ4v) is 5.20. The van der Waals surface area contributed by atoms with Crippen molar-refractivity contribution in [2.24, 2.45) is 0 Å². The summed E-state index contributed by atoms with van der Waals surface area (Å²) in [6, 6.07) is 17.8. The van der Waals surface area contributed by atoms with Gasteiger partial charge in [0.25, 0.3) is 0 Å². The fraction of sp³-hybridized carbons (Fsp3) is 0.200. The third kappa shape index (κ3) is 4.13. The van der Waals surface area contributed by atoms with E-state index in [0.717, 1.165) is 5.56 Å². The Hall–Kier alpha value is -2.58. The number of carbonyl (C=O) groups excluding carboxylic acids is 1. The zero-order chi connectivity index (χ0) is 20.1. The van der Waals surface area contributed by atoms with Crippen LogP contribution in [0.15, 0.2) is 75.5 Å². The number of thioether (sulfide) groups is 1. The van der Waals surface area contributed by atoms with E-state index in [-0.39, 0.29) is 27.9 Å². The minimum absolute atomic E-state index is 0.0314. The molecule has 0 aliphatic heterocycles. The highest BCUT2D eigenvalue weighted by atomic mass is 32.2. The summed E-state index contributed by atoms with van der Waals surface area (Å²) < 4.78 is 28.3. The van der Waals surface area contributed by atoms with Gasteiger partial charge in [-0.1, -0.05) is 55.5 Å². The first-order chi connectivity index (χ1) is 13.5. The van der Waals surface area contributed by atoms with Crippen LogP contribution in [0.4, 0.5) is 5.82 Å². The molecule has 1 aromatic heterocycles. The van der Waals surface area contributed by atoms with E-state index in [1.54, 1.807) is 48.2 Å². The van der Waals surface area contributed by atoms with Crippen molar-refractivity contribution >= 4 is 33.3 Å². The van der Waals surface area contributed by atoms with Gasteiger partial charge in [0.05, 0.1) is 11.4 Å². The smallest absolute Gasteiger partial charge is 0.225 e. The number of benzene rings is 2. The largest absolute Gasteiger partial charge is 0.310 e. The summed E-state index contributed by atoms with van der Waals surface area (Å²) in [7, 11) is -3.86. The number of nitrogens with zero attached hydrogens (tertiary/aromatic N) is 2. The summed E-state index contributed by atoms with van der Waals surface area (Å²) in [5, 5.41) is 7.59. The first-order valence-electron chi connectivity index (χ1n) is 8.76. The van der Waals surface area contributed by atoms with Gasteiger partial charge in [0, 0.05) is 6.42 Å². The number of amides is 1. The van der Waals surface area contributed by atoms with Crippen LogP contribution in [0.25, 0.3) is 0 Å². The van der Waals surface area contributed by atoms with Gasteiger partial charge in [-0.25, -0.2) is 13.1 Å². The monoisotopic (exact) mass is 415 g/mol. The van der Waals surface area contributed by atoms with Crippen LogP contribution < -0.4 is 5.32 Å². The number of hydrogen-bond donors (Lipinski definition) is 1. The third-order valence-electron chi connectivity index (χ3n) is 4.15. The number of hydrogen-bond acceptors (Lipinski definition) is 5. The maximum absolute atomic E-state index is 13.4. The summed E-state index contributed by atoms with van der Waals surface area (Å²) in [6.45, 7) is 2.06. The van der Waals surface area contributed by atoms with Gasteiger partial charge in [-0.05, 0) is 24.0 Å². The summed E-state index contributed by atoms with van der Waals surface area (Å²) >= 11 is 1.23. The summed E-state index contributed by atoms with van der Waals surface area (Å²) in [5.41, 5.74) is 0.952. The van der Waals surface area contributed by atoms with Crippen molar-refractivity contribution in [1.29, 1.82) is 0 Å². The summed E-state index contributed by atoms with van der Waals surface area (Å²) in [4.78, 5) is 12.3. The first kappa shape index (κ1) is 20.2. The second-order valence-electron chi connectivity index (χ2n) is 6.05. The Morgan fingerprint density at radius 1 is 1.07 bits per heavy atom. The molecule has 0 bridgehead atoms. The molecule has 0 aliphatic rings. The van der Waals surface area contributed by atoms with Crippen LogP contribution in [0.1, 0.15) is 18.9 Å². The zero-order valence-corrected chi connectivity index (χ0v) is 17.3. The average molecular weight is 416 g/mol. The van der Waals surface area contributed by atoms with Crippen molar-refractivity contribution in [3.8, 4) is 0 Å². The molecular weight excluding hydrogens is 394 g/mol. The second-order valence-corrected chi connectivity index (χ2v) is 8.73. The normalized spacial score (nSPS) is 11.4.